The third kappa shape index (κ3) is 3.29. The number of carbonyl (C=O) groups is 1. The van der Waals surface area contributed by atoms with Gasteiger partial charge in [-0.3, -0.25) is 10.1 Å². The number of hydrogen-bond donors (Lipinski definition) is 2. The highest BCUT2D eigenvalue weighted by Gasteiger charge is 2.14. The van der Waals surface area contributed by atoms with Crippen LogP contribution in [0.4, 0.5) is 5.69 Å². The van der Waals surface area contributed by atoms with E-state index in [0.717, 1.165) is 0 Å². The molecule has 0 aromatic heterocycles. The van der Waals surface area contributed by atoms with Gasteiger partial charge in [-0.05, 0) is 36.3 Å². The molecule has 6 nitrogen and oxygen atoms in total. The summed E-state index contributed by atoms with van der Waals surface area (Å²) >= 11 is 0. The Hall–Kier alpha value is -3.15. The second-order valence-corrected chi connectivity index (χ2v) is 4.72. The maximum atomic E-state index is 11.4. The van der Waals surface area contributed by atoms with Gasteiger partial charge in [0.1, 0.15) is 5.75 Å². The maximum absolute atomic E-state index is 11.4. The van der Waals surface area contributed by atoms with Gasteiger partial charge in [-0.1, -0.05) is 24.3 Å². The van der Waals surface area contributed by atoms with Gasteiger partial charge in [0.05, 0.1) is 10.5 Å². The van der Waals surface area contributed by atoms with Crippen LogP contribution in [0.1, 0.15) is 16.7 Å². The topological polar surface area (TPSA) is 101 Å². The lowest BCUT2D eigenvalue weighted by molar-refractivity contribution is -0.385. The number of aryl methyl sites for hydroxylation is 1. The number of nitrogens with zero attached hydrogens (tertiary/aromatic N) is 1. The van der Waals surface area contributed by atoms with E-state index >= 15 is 0 Å². The Balaban J connectivity index is 2.54. The van der Waals surface area contributed by atoms with Crippen LogP contribution in [-0.2, 0) is 4.79 Å². The van der Waals surface area contributed by atoms with E-state index in [0.29, 0.717) is 16.7 Å². The molecule has 6 heteroatoms. The van der Waals surface area contributed by atoms with Gasteiger partial charge in [0.15, 0.2) is 0 Å². The van der Waals surface area contributed by atoms with Crippen LogP contribution in [-0.4, -0.2) is 21.1 Å². The van der Waals surface area contributed by atoms with Gasteiger partial charge in [-0.2, -0.15) is 0 Å². The molecule has 0 atom stereocenters. The van der Waals surface area contributed by atoms with Gasteiger partial charge in [-0.15, -0.1) is 0 Å². The van der Waals surface area contributed by atoms with Crippen molar-refractivity contribution >= 4 is 23.3 Å². The van der Waals surface area contributed by atoms with Crippen LogP contribution in [0.25, 0.3) is 11.6 Å². The van der Waals surface area contributed by atoms with E-state index < -0.39 is 10.9 Å². The fourth-order valence-corrected chi connectivity index (χ4v) is 2.02. The third-order valence-corrected chi connectivity index (χ3v) is 3.13. The van der Waals surface area contributed by atoms with E-state index in [1.807, 2.05) is 0 Å². The van der Waals surface area contributed by atoms with Gasteiger partial charge in [0.2, 0.25) is 0 Å². The molecule has 0 aliphatic rings. The highest BCUT2D eigenvalue weighted by Crippen LogP contribution is 2.25. The Morgan fingerprint density at radius 1 is 1.23 bits per heavy atom. The predicted octanol–water partition coefficient (Wildman–Crippen LogP) is 3.23. The van der Waals surface area contributed by atoms with Crippen molar-refractivity contribution in [2.24, 2.45) is 0 Å². The zero-order valence-corrected chi connectivity index (χ0v) is 11.7. The number of aliphatic carboxylic acids is 1. The Morgan fingerprint density at radius 2 is 1.95 bits per heavy atom. The van der Waals surface area contributed by atoms with Crippen molar-refractivity contribution in [2.45, 2.75) is 6.92 Å². The molecule has 22 heavy (non-hydrogen) atoms. The average Bonchev–Trinajstić information content (AvgIpc) is 2.45. The fourth-order valence-electron chi connectivity index (χ4n) is 2.02. The van der Waals surface area contributed by atoms with Crippen LogP contribution in [0.2, 0.25) is 0 Å². The molecule has 2 N–H and O–H groups in total. The number of nitro benzene ring substituents is 1. The Morgan fingerprint density at radius 3 is 2.55 bits per heavy atom. The fraction of sp³-hybridized carbons (Fsp3) is 0.0625. The molecule has 0 heterocycles. The van der Waals surface area contributed by atoms with Crippen molar-refractivity contribution in [3.05, 3.63) is 69.3 Å². The zero-order chi connectivity index (χ0) is 16.3. The van der Waals surface area contributed by atoms with Gasteiger partial charge < -0.3 is 10.2 Å². The highest BCUT2D eigenvalue weighted by atomic mass is 16.6. The molecule has 0 bridgehead atoms. The van der Waals surface area contributed by atoms with Crippen molar-refractivity contribution in [3.63, 3.8) is 0 Å². The lowest BCUT2D eigenvalue weighted by Crippen LogP contribution is -2.00. The molecule has 0 fully saturated rings. The second kappa shape index (κ2) is 6.09. The average molecular weight is 299 g/mol. The smallest absolute Gasteiger partial charge is 0.336 e. The van der Waals surface area contributed by atoms with Crippen molar-refractivity contribution < 1.29 is 19.9 Å². The molecule has 0 unspecified atom stereocenters. The van der Waals surface area contributed by atoms with E-state index in [-0.39, 0.29) is 17.0 Å². The minimum Gasteiger partial charge on any atom is -0.508 e. The Labute approximate surface area is 126 Å². The van der Waals surface area contributed by atoms with Crippen LogP contribution in [0.5, 0.6) is 5.75 Å². The summed E-state index contributed by atoms with van der Waals surface area (Å²) in [7, 11) is 0. The van der Waals surface area contributed by atoms with Crippen LogP contribution in [0.15, 0.2) is 42.5 Å². The van der Waals surface area contributed by atoms with E-state index in [4.69, 9.17) is 0 Å². The first-order valence-electron chi connectivity index (χ1n) is 6.38. The number of benzene rings is 2. The predicted molar refractivity (Wildman–Crippen MR) is 81.4 cm³/mol. The lowest BCUT2D eigenvalue weighted by atomic mass is 10.0. The molecule has 0 saturated heterocycles. The largest absolute Gasteiger partial charge is 0.508 e. The molecular formula is C16H13NO5. The highest BCUT2D eigenvalue weighted by molar-refractivity contribution is 6.20. The van der Waals surface area contributed by atoms with Crippen LogP contribution in [0.3, 0.4) is 0 Å². The lowest BCUT2D eigenvalue weighted by Gasteiger charge is -2.05. The third-order valence-electron chi connectivity index (χ3n) is 3.13. The second-order valence-electron chi connectivity index (χ2n) is 4.72. The molecule has 0 spiro atoms. The van der Waals surface area contributed by atoms with Crippen molar-refractivity contribution in [2.75, 3.05) is 0 Å². The summed E-state index contributed by atoms with van der Waals surface area (Å²) in [4.78, 5) is 21.8. The minimum absolute atomic E-state index is 0.0560. The number of phenols is 1. The van der Waals surface area contributed by atoms with Gasteiger partial charge in [-0.25, -0.2) is 4.79 Å². The molecule has 0 amide bonds. The molecule has 2 aromatic carbocycles. The molecule has 2 aromatic rings. The zero-order valence-electron chi connectivity index (χ0n) is 11.7. The summed E-state index contributed by atoms with van der Waals surface area (Å²) in [6, 6.07) is 10.3. The number of rotatable bonds is 4. The minimum atomic E-state index is -1.19. The number of carboxylic acid groups (broad SMARTS) is 1. The summed E-state index contributed by atoms with van der Waals surface area (Å²) in [6.07, 6.45) is 1.34. The summed E-state index contributed by atoms with van der Waals surface area (Å²) in [5.74, 6) is -1.24. The number of nitro groups is 1. The Bertz CT molecular complexity index is 780. The molecule has 0 aliphatic carbocycles. The molecule has 0 radical (unpaired) electrons. The maximum Gasteiger partial charge on any atom is 0.336 e. The van der Waals surface area contributed by atoms with Gasteiger partial charge in [0, 0.05) is 11.6 Å². The summed E-state index contributed by atoms with van der Waals surface area (Å²) in [6.45, 7) is 1.61. The Kier molecular flexibility index (Phi) is 4.22. The SMILES string of the molecule is Cc1ccc(/C=C(\C(=O)O)c2cccc(O)c2)cc1[N+](=O)[O-]. The quantitative estimate of drug-likeness (QED) is 0.390. The summed E-state index contributed by atoms with van der Waals surface area (Å²) < 4.78 is 0. The number of hydrogen-bond acceptors (Lipinski definition) is 4. The first kappa shape index (κ1) is 15.2. The van der Waals surface area contributed by atoms with Crippen LogP contribution >= 0.6 is 0 Å². The van der Waals surface area contributed by atoms with Gasteiger partial charge >= 0.3 is 5.97 Å². The standard InChI is InChI=1S/C16H13NO5/c1-10-5-6-11(8-15(10)17(21)22)7-14(16(19)20)12-3-2-4-13(18)9-12/h2-9,18H,1H3,(H,19,20)/b14-7-. The first-order chi connectivity index (χ1) is 10.4. The first-order valence-corrected chi connectivity index (χ1v) is 6.38. The molecular weight excluding hydrogens is 286 g/mol. The van der Waals surface area contributed by atoms with E-state index in [2.05, 4.69) is 0 Å². The summed E-state index contributed by atoms with van der Waals surface area (Å²) in [5.41, 5.74) is 1.08. The summed E-state index contributed by atoms with van der Waals surface area (Å²) in [5, 5.41) is 29.7. The molecule has 0 aliphatic heterocycles. The van der Waals surface area contributed by atoms with Crippen molar-refractivity contribution in [1.82, 2.24) is 0 Å². The van der Waals surface area contributed by atoms with E-state index in [9.17, 15) is 25.1 Å². The molecule has 112 valence electrons. The van der Waals surface area contributed by atoms with Crippen molar-refractivity contribution in [3.8, 4) is 5.75 Å². The monoisotopic (exact) mass is 299 g/mol. The van der Waals surface area contributed by atoms with E-state index in [1.165, 1.54) is 30.3 Å². The van der Waals surface area contributed by atoms with Crippen LogP contribution in [0, 0.1) is 17.0 Å². The number of aromatic hydroxyl groups is 1. The van der Waals surface area contributed by atoms with Crippen molar-refractivity contribution in [1.29, 1.82) is 0 Å². The van der Waals surface area contributed by atoms with Crippen LogP contribution < -0.4 is 0 Å². The van der Waals surface area contributed by atoms with Gasteiger partial charge in [0.25, 0.3) is 5.69 Å². The molecule has 0 saturated carbocycles. The normalized spacial score (nSPS) is 11.2. The number of carboxylic acids is 1. The van der Waals surface area contributed by atoms with E-state index in [1.54, 1.807) is 25.1 Å². The number of phenolic OH excluding ortho intramolecular Hbond substituents is 1. The molecule has 2 rings (SSSR count).